The third-order valence-corrected chi connectivity index (χ3v) is 5.15. The average molecular weight is 448 g/mol. The monoisotopic (exact) mass is 448 g/mol. The molecule has 0 saturated carbocycles. The van der Waals surface area contributed by atoms with Crippen LogP contribution >= 0.6 is 0 Å². The second kappa shape index (κ2) is 8.02. The molecule has 2 amide bonds. The van der Waals surface area contributed by atoms with Gasteiger partial charge in [-0.25, -0.2) is 27.9 Å². The number of ether oxygens (including phenoxy) is 2. The molecule has 32 heavy (non-hydrogen) atoms. The van der Waals surface area contributed by atoms with Crippen LogP contribution in [0.5, 0.6) is 11.6 Å². The predicted octanol–water partition coefficient (Wildman–Crippen LogP) is 3.07. The number of aryl methyl sites for hydroxylation is 1. The average Bonchev–Trinajstić information content (AvgIpc) is 3.22. The SMILES string of the molecule is COc1cc(NC2=NC(=O)N(C)C3=NCC(c4cc(F)c(F)c(F)c4)N23)c(C)nc1OC. The first kappa shape index (κ1) is 21.4. The van der Waals surface area contributed by atoms with Gasteiger partial charge in [0.15, 0.2) is 23.2 Å². The van der Waals surface area contributed by atoms with Crippen LogP contribution in [0.1, 0.15) is 17.3 Å². The van der Waals surface area contributed by atoms with Crippen LogP contribution in [-0.2, 0) is 0 Å². The number of hydrogen-bond donors (Lipinski definition) is 1. The lowest BCUT2D eigenvalue weighted by Gasteiger charge is -2.35. The molecule has 2 aliphatic rings. The summed E-state index contributed by atoms with van der Waals surface area (Å²) in [6.07, 6.45) is 0. The summed E-state index contributed by atoms with van der Waals surface area (Å²) >= 11 is 0. The molecule has 0 aliphatic carbocycles. The lowest BCUT2D eigenvalue weighted by atomic mass is 10.1. The standard InChI is InChI=1S/C20H19F3N6O3/c1-9-13(7-15(31-3)17(25-9)32-4)26-18-27-20(30)28(2)19-24-8-14(29(18)19)10-5-11(21)16(23)12(22)6-10/h5-7,14H,8H2,1-4H3,(H,26,27,30). The van der Waals surface area contributed by atoms with E-state index in [0.29, 0.717) is 17.1 Å². The number of urea groups is 1. The molecule has 1 aromatic carbocycles. The molecule has 4 rings (SSSR count). The van der Waals surface area contributed by atoms with Gasteiger partial charge in [0.1, 0.15) is 0 Å². The molecule has 0 fully saturated rings. The highest BCUT2D eigenvalue weighted by atomic mass is 19.2. The minimum atomic E-state index is -1.56. The fourth-order valence-corrected chi connectivity index (χ4v) is 3.49. The van der Waals surface area contributed by atoms with Gasteiger partial charge < -0.3 is 14.8 Å². The van der Waals surface area contributed by atoms with Gasteiger partial charge in [0.2, 0.25) is 11.9 Å². The second-order valence-electron chi connectivity index (χ2n) is 7.06. The number of rotatable bonds is 4. The zero-order valence-corrected chi connectivity index (χ0v) is 17.6. The molecule has 2 aromatic rings. The molecule has 168 valence electrons. The zero-order chi connectivity index (χ0) is 23.2. The predicted molar refractivity (Wildman–Crippen MR) is 109 cm³/mol. The van der Waals surface area contributed by atoms with Gasteiger partial charge in [-0.15, -0.1) is 0 Å². The molecule has 12 heteroatoms. The molecule has 0 spiro atoms. The van der Waals surface area contributed by atoms with Gasteiger partial charge in [-0.3, -0.25) is 9.80 Å². The molecule has 1 aromatic heterocycles. The van der Waals surface area contributed by atoms with Crippen LogP contribution in [0.15, 0.2) is 28.2 Å². The summed E-state index contributed by atoms with van der Waals surface area (Å²) in [7, 11) is 4.38. The van der Waals surface area contributed by atoms with Crippen molar-refractivity contribution in [2.45, 2.75) is 13.0 Å². The Morgan fingerprint density at radius 2 is 1.81 bits per heavy atom. The van der Waals surface area contributed by atoms with E-state index in [2.05, 4.69) is 20.3 Å². The number of guanidine groups is 2. The number of hydrogen-bond acceptors (Lipinski definition) is 7. The first-order chi connectivity index (χ1) is 15.2. The number of benzene rings is 1. The normalized spacial score (nSPS) is 17.7. The van der Waals surface area contributed by atoms with Crippen molar-refractivity contribution >= 4 is 23.6 Å². The van der Waals surface area contributed by atoms with Crippen molar-refractivity contribution in [2.75, 3.05) is 33.1 Å². The van der Waals surface area contributed by atoms with Crippen LogP contribution in [0.2, 0.25) is 0 Å². The van der Waals surface area contributed by atoms with E-state index in [4.69, 9.17) is 9.47 Å². The molecule has 1 N–H and O–H groups in total. The van der Waals surface area contributed by atoms with Crippen molar-refractivity contribution in [1.82, 2.24) is 14.8 Å². The topological polar surface area (TPSA) is 91.6 Å². The summed E-state index contributed by atoms with van der Waals surface area (Å²) in [5, 5.41) is 3.03. The molecule has 0 saturated heterocycles. The van der Waals surface area contributed by atoms with Gasteiger partial charge in [0.25, 0.3) is 5.88 Å². The second-order valence-corrected chi connectivity index (χ2v) is 7.06. The molecule has 3 heterocycles. The number of amides is 2. The molecule has 0 radical (unpaired) electrons. The minimum Gasteiger partial charge on any atom is -0.491 e. The van der Waals surface area contributed by atoms with Crippen LogP contribution in [-0.4, -0.2) is 60.5 Å². The van der Waals surface area contributed by atoms with Gasteiger partial charge >= 0.3 is 6.03 Å². The van der Waals surface area contributed by atoms with Gasteiger partial charge in [-0.05, 0) is 24.6 Å². The smallest absolute Gasteiger partial charge is 0.353 e. The van der Waals surface area contributed by atoms with Gasteiger partial charge in [0.05, 0.1) is 38.2 Å². The first-order valence-electron chi connectivity index (χ1n) is 9.46. The Labute approximate surface area is 181 Å². The van der Waals surface area contributed by atoms with Crippen molar-refractivity contribution in [3.05, 3.63) is 46.9 Å². The number of nitrogens with one attached hydrogen (secondary N) is 1. The number of aliphatic imine (C=N–C) groups is 2. The maximum atomic E-state index is 13.9. The molecular weight excluding hydrogens is 429 g/mol. The third kappa shape index (κ3) is 3.47. The molecule has 2 aliphatic heterocycles. The Morgan fingerprint density at radius 1 is 1.12 bits per heavy atom. The van der Waals surface area contributed by atoms with Crippen LogP contribution in [0.4, 0.5) is 23.7 Å². The number of nitrogens with zero attached hydrogens (tertiary/aromatic N) is 5. The maximum Gasteiger partial charge on any atom is 0.353 e. The molecule has 1 unspecified atom stereocenters. The van der Waals surface area contributed by atoms with E-state index < -0.39 is 29.5 Å². The highest BCUT2D eigenvalue weighted by molar-refractivity contribution is 6.17. The Morgan fingerprint density at radius 3 is 2.44 bits per heavy atom. The highest BCUT2D eigenvalue weighted by Gasteiger charge is 2.41. The van der Waals surface area contributed by atoms with Crippen molar-refractivity contribution in [3.8, 4) is 11.6 Å². The Hall–Kier alpha value is -3.83. The number of carbonyl (C=O) groups is 1. The van der Waals surface area contributed by atoms with E-state index in [1.807, 2.05) is 0 Å². The van der Waals surface area contributed by atoms with Crippen molar-refractivity contribution in [1.29, 1.82) is 0 Å². The lowest BCUT2D eigenvalue weighted by Crippen LogP contribution is -2.53. The fourth-order valence-electron chi connectivity index (χ4n) is 3.49. The van der Waals surface area contributed by atoms with E-state index in [-0.39, 0.29) is 29.9 Å². The van der Waals surface area contributed by atoms with E-state index in [0.717, 1.165) is 12.1 Å². The van der Waals surface area contributed by atoms with Crippen LogP contribution in [0.3, 0.4) is 0 Å². The summed E-state index contributed by atoms with van der Waals surface area (Å²) < 4.78 is 51.7. The third-order valence-electron chi connectivity index (χ3n) is 5.15. The molecular formula is C20H19F3N6O3. The number of pyridine rings is 1. The number of methoxy groups -OCH3 is 2. The van der Waals surface area contributed by atoms with Crippen molar-refractivity contribution < 1.29 is 27.4 Å². The molecule has 0 bridgehead atoms. The summed E-state index contributed by atoms with van der Waals surface area (Å²) in [6.45, 7) is 1.78. The van der Waals surface area contributed by atoms with Gasteiger partial charge in [-0.1, -0.05) is 0 Å². The van der Waals surface area contributed by atoms with Crippen LogP contribution in [0.25, 0.3) is 0 Å². The number of fused-ring (bicyclic) bond motifs is 1. The van der Waals surface area contributed by atoms with E-state index in [1.54, 1.807) is 13.0 Å². The summed E-state index contributed by atoms with van der Waals surface area (Å²) in [6, 6.07) is 2.10. The zero-order valence-electron chi connectivity index (χ0n) is 17.6. The number of halogens is 3. The van der Waals surface area contributed by atoms with E-state index in [1.165, 1.54) is 31.1 Å². The lowest BCUT2D eigenvalue weighted by molar-refractivity contribution is 0.230. The number of carbonyl (C=O) groups excluding carboxylic acids is 1. The van der Waals surface area contributed by atoms with Crippen molar-refractivity contribution in [3.63, 3.8) is 0 Å². The number of aromatic nitrogens is 1. The summed E-state index contributed by atoms with van der Waals surface area (Å²) in [4.78, 5) is 27.8. The maximum absolute atomic E-state index is 13.9. The summed E-state index contributed by atoms with van der Waals surface area (Å²) in [5.74, 6) is -3.28. The Bertz CT molecular complexity index is 1150. The highest BCUT2D eigenvalue weighted by Crippen LogP contribution is 2.34. The minimum absolute atomic E-state index is 0.0663. The Balaban J connectivity index is 1.75. The molecule has 9 nitrogen and oxygen atoms in total. The fraction of sp³-hybridized carbons (Fsp3) is 0.300. The van der Waals surface area contributed by atoms with E-state index >= 15 is 0 Å². The number of anilines is 1. The first-order valence-corrected chi connectivity index (χ1v) is 9.46. The van der Waals surface area contributed by atoms with E-state index in [9.17, 15) is 18.0 Å². The largest absolute Gasteiger partial charge is 0.491 e. The summed E-state index contributed by atoms with van der Waals surface area (Å²) in [5.41, 5.74) is 1.12. The van der Waals surface area contributed by atoms with Gasteiger partial charge in [0, 0.05) is 13.1 Å². The quantitative estimate of drug-likeness (QED) is 0.723. The van der Waals surface area contributed by atoms with Crippen LogP contribution < -0.4 is 14.8 Å². The molecule has 1 atom stereocenters. The Kier molecular flexibility index (Phi) is 5.36. The van der Waals surface area contributed by atoms with Crippen molar-refractivity contribution in [2.24, 2.45) is 9.98 Å². The van der Waals surface area contributed by atoms with Crippen LogP contribution in [0, 0.1) is 24.4 Å². The van der Waals surface area contributed by atoms with Gasteiger partial charge in [-0.2, -0.15) is 4.99 Å².